The lowest BCUT2D eigenvalue weighted by Gasteiger charge is -2.15. The number of nitrogens with zero attached hydrogens (tertiary/aromatic N) is 4. The average molecular weight is 477 g/mol. The molecule has 0 saturated carbocycles. The van der Waals surface area contributed by atoms with Crippen molar-refractivity contribution in [1.82, 2.24) is 19.1 Å². The molecule has 0 N–H and O–H groups in total. The monoisotopic (exact) mass is 476 g/mol. The molecule has 0 spiro atoms. The first-order valence-corrected chi connectivity index (χ1v) is 12.8. The van der Waals surface area contributed by atoms with Crippen molar-refractivity contribution in [3.05, 3.63) is 90.0 Å². The summed E-state index contributed by atoms with van der Waals surface area (Å²) in [4.78, 5) is 12.7. The summed E-state index contributed by atoms with van der Waals surface area (Å²) in [5, 5.41) is 9.43. The van der Waals surface area contributed by atoms with Gasteiger partial charge >= 0.3 is 0 Å². The van der Waals surface area contributed by atoms with Gasteiger partial charge in [0.1, 0.15) is 4.90 Å². The van der Waals surface area contributed by atoms with Crippen molar-refractivity contribution in [3.8, 4) is 17.1 Å². The smallest absolute Gasteiger partial charge is 0.269 e. The van der Waals surface area contributed by atoms with Crippen molar-refractivity contribution in [1.29, 1.82) is 0 Å². The number of aryl methyl sites for hydroxylation is 1. The Labute approximate surface area is 196 Å². The van der Waals surface area contributed by atoms with Gasteiger partial charge in [-0.3, -0.25) is 9.36 Å². The van der Waals surface area contributed by atoms with Gasteiger partial charge in [0.25, 0.3) is 15.9 Å². The maximum Gasteiger partial charge on any atom is 0.269 e. The second-order valence-corrected chi connectivity index (χ2v) is 10.5. The van der Waals surface area contributed by atoms with Gasteiger partial charge in [-0.05, 0) is 37.3 Å². The van der Waals surface area contributed by atoms with Gasteiger partial charge in [0, 0.05) is 23.5 Å². The molecule has 0 aliphatic carbocycles. The van der Waals surface area contributed by atoms with Crippen LogP contribution in [0.15, 0.2) is 88.9 Å². The fraction of sp³-hybridized carbons (Fsp3) is 0.125. The highest BCUT2D eigenvalue weighted by Crippen LogP contribution is 2.32. The Bertz CT molecular complexity index is 1450. The molecule has 0 atom stereocenters. The van der Waals surface area contributed by atoms with E-state index in [0.29, 0.717) is 16.7 Å². The lowest BCUT2D eigenvalue weighted by Crippen LogP contribution is -2.32. The Balaban J connectivity index is 1.43. The highest BCUT2D eigenvalue weighted by Gasteiger charge is 2.40. The van der Waals surface area contributed by atoms with E-state index in [4.69, 9.17) is 0 Å². The molecule has 5 rings (SSSR count). The van der Waals surface area contributed by atoms with E-state index in [1.807, 2.05) is 66.1 Å². The number of amides is 1. The van der Waals surface area contributed by atoms with Gasteiger partial charge in [-0.1, -0.05) is 65.9 Å². The summed E-state index contributed by atoms with van der Waals surface area (Å²) in [5.41, 5.74) is 3.17. The zero-order valence-corrected chi connectivity index (χ0v) is 19.4. The largest absolute Gasteiger partial charge is 0.270 e. The molecular formula is C24H20N4O3S2. The van der Waals surface area contributed by atoms with Gasteiger partial charge in [-0.15, -0.1) is 10.2 Å². The van der Waals surface area contributed by atoms with Gasteiger partial charge in [0.15, 0.2) is 11.0 Å². The van der Waals surface area contributed by atoms with Crippen LogP contribution in [0.25, 0.3) is 17.1 Å². The van der Waals surface area contributed by atoms with E-state index in [9.17, 15) is 13.2 Å². The topological polar surface area (TPSA) is 85.2 Å². The highest BCUT2D eigenvalue weighted by atomic mass is 32.2. The fourth-order valence-corrected chi connectivity index (χ4v) is 6.38. The Morgan fingerprint density at radius 3 is 2.42 bits per heavy atom. The van der Waals surface area contributed by atoms with Gasteiger partial charge in [-0.25, -0.2) is 12.7 Å². The van der Waals surface area contributed by atoms with Crippen LogP contribution in [0.4, 0.5) is 0 Å². The summed E-state index contributed by atoms with van der Waals surface area (Å²) in [6.45, 7) is 2.07. The Morgan fingerprint density at radius 1 is 0.909 bits per heavy atom. The fourth-order valence-electron chi connectivity index (χ4n) is 3.82. The molecule has 9 heteroatoms. The zero-order chi connectivity index (χ0) is 23.0. The predicted octanol–water partition coefficient (Wildman–Crippen LogP) is 4.18. The molecule has 0 fully saturated rings. The molecule has 2 heterocycles. The molecule has 7 nitrogen and oxygen atoms in total. The average Bonchev–Trinajstić information content (AvgIpc) is 3.33. The first-order chi connectivity index (χ1) is 16.0. The molecule has 0 unspecified atom stereocenters. The van der Waals surface area contributed by atoms with E-state index in [1.165, 1.54) is 17.8 Å². The molecular weight excluding hydrogens is 456 g/mol. The molecule has 4 aromatic rings. The number of fused-ring (bicyclic) bond motifs is 1. The predicted molar refractivity (Wildman–Crippen MR) is 127 cm³/mol. The number of rotatable bonds is 6. The first kappa shape index (κ1) is 21.4. The Morgan fingerprint density at radius 2 is 1.67 bits per heavy atom. The summed E-state index contributed by atoms with van der Waals surface area (Å²) in [6.07, 6.45) is 0. The van der Waals surface area contributed by atoms with Crippen molar-refractivity contribution in [3.63, 3.8) is 0 Å². The van der Waals surface area contributed by atoms with Crippen LogP contribution in [0.3, 0.4) is 0 Å². The molecule has 0 bridgehead atoms. The van der Waals surface area contributed by atoms with Crippen LogP contribution >= 0.6 is 11.8 Å². The number of hydrogen-bond donors (Lipinski definition) is 0. The van der Waals surface area contributed by atoms with Gasteiger partial charge < -0.3 is 0 Å². The lowest BCUT2D eigenvalue weighted by atomic mass is 10.1. The summed E-state index contributed by atoms with van der Waals surface area (Å²) in [6, 6.07) is 24.1. The summed E-state index contributed by atoms with van der Waals surface area (Å²) < 4.78 is 28.5. The van der Waals surface area contributed by atoms with Crippen molar-refractivity contribution in [2.75, 3.05) is 12.3 Å². The van der Waals surface area contributed by atoms with E-state index < -0.39 is 15.9 Å². The minimum absolute atomic E-state index is 0.0436. The van der Waals surface area contributed by atoms with E-state index >= 15 is 0 Å². The van der Waals surface area contributed by atoms with E-state index in [0.717, 1.165) is 21.1 Å². The van der Waals surface area contributed by atoms with E-state index in [2.05, 4.69) is 10.2 Å². The minimum Gasteiger partial charge on any atom is -0.270 e. The number of hydrogen-bond acceptors (Lipinski definition) is 6. The van der Waals surface area contributed by atoms with Crippen LogP contribution < -0.4 is 0 Å². The molecule has 1 amide bonds. The standard InChI is InChI=1S/C24H20N4O3S2/c1-17-8-7-9-18(16-17)22-25-26-24(28(22)19-10-3-2-4-11-19)32-15-14-27-23(29)20-12-5-6-13-21(20)33(27,30)31/h2-13,16H,14-15H2,1H3. The minimum atomic E-state index is -3.83. The SMILES string of the molecule is Cc1cccc(-c2nnc(SCCN3C(=O)c4ccccc4S3(=O)=O)n2-c2ccccc2)c1. The molecule has 1 aliphatic rings. The van der Waals surface area contributed by atoms with Crippen LogP contribution in [-0.2, 0) is 10.0 Å². The third-order valence-corrected chi connectivity index (χ3v) is 8.11. The second kappa shape index (κ2) is 8.49. The van der Waals surface area contributed by atoms with Crippen molar-refractivity contribution >= 4 is 27.7 Å². The Hall–Kier alpha value is -3.43. The molecule has 1 aromatic heterocycles. The van der Waals surface area contributed by atoms with Gasteiger partial charge in [0.2, 0.25) is 0 Å². The lowest BCUT2D eigenvalue weighted by molar-refractivity contribution is 0.0876. The summed E-state index contributed by atoms with van der Waals surface area (Å²) >= 11 is 1.36. The molecule has 3 aromatic carbocycles. The number of thioether (sulfide) groups is 1. The van der Waals surface area contributed by atoms with Crippen LogP contribution in [0.2, 0.25) is 0 Å². The molecule has 1 aliphatic heterocycles. The van der Waals surface area contributed by atoms with Crippen LogP contribution in [0.5, 0.6) is 0 Å². The zero-order valence-electron chi connectivity index (χ0n) is 17.7. The number of benzene rings is 3. The third kappa shape index (κ3) is 3.83. The third-order valence-electron chi connectivity index (χ3n) is 5.36. The number of carbonyl (C=O) groups is 1. The normalized spacial score (nSPS) is 14.5. The number of aromatic nitrogens is 3. The van der Waals surface area contributed by atoms with Crippen molar-refractivity contribution in [2.24, 2.45) is 0 Å². The molecule has 0 saturated heterocycles. The number of carbonyl (C=O) groups excluding carboxylic acids is 1. The van der Waals surface area contributed by atoms with Crippen LogP contribution in [-0.4, -0.2) is 45.7 Å². The Kier molecular flexibility index (Phi) is 5.51. The molecule has 166 valence electrons. The van der Waals surface area contributed by atoms with Crippen LogP contribution in [0.1, 0.15) is 15.9 Å². The number of sulfonamides is 1. The van der Waals surface area contributed by atoms with Crippen LogP contribution in [0, 0.1) is 6.92 Å². The van der Waals surface area contributed by atoms with Crippen molar-refractivity contribution < 1.29 is 13.2 Å². The maximum atomic E-state index is 12.8. The molecule has 0 radical (unpaired) electrons. The number of para-hydroxylation sites is 1. The second-order valence-electron chi connectivity index (χ2n) is 7.57. The molecule has 33 heavy (non-hydrogen) atoms. The summed E-state index contributed by atoms with van der Waals surface area (Å²) in [7, 11) is -3.83. The van der Waals surface area contributed by atoms with E-state index in [1.54, 1.807) is 18.2 Å². The first-order valence-electron chi connectivity index (χ1n) is 10.3. The van der Waals surface area contributed by atoms with Gasteiger partial charge in [0.05, 0.1) is 5.56 Å². The van der Waals surface area contributed by atoms with E-state index in [-0.39, 0.29) is 17.0 Å². The van der Waals surface area contributed by atoms with Crippen molar-refractivity contribution in [2.45, 2.75) is 17.0 Å². The quantitative estimate of drug-likeness (QED) is 0.388. The van der Waals surface area contributed by atoms with Gasteiger partial charge in [-0.2, -0.15) is 0 Å². The highest BCUT2D eigenvalue weighted by molar-refractivity contribution is 7.99. The summed E-state index contributed by atoms with van der Waals surface area (Å²) in [5.74, 6) is 0.554. The maximum absolute atomic E-state index is 12.8.